The van der Waals surface area contributed by atoms with E-state index < -0.39 is 28.5 Å². The fourth-order valence-corrected chi connectivity index (χ4v) is 4.50. The van der Waals surface area contributed by atoms with Gasteiger partial charge >= 0.3 is 0 Å². The molecule has 0 unspecified atom stereocenters. The molecule has 0 heterocycles. The first kappa shape index (κ1) is 29.2. The number of carbonyl (C=O) groups excluding carboxylic acids is 2. The molecule has 36 heavy (non-hydrogen) atoms. The highest BCUT2D eigenvalue weighted by molar-refractivity contribution is 7.92. The number of hydrogen-bond acceptors (Lipinski definition) is 5. The minimum atomic E-state index is -3.77. The normalized spacial score (nSPS) is 13.1. The van der Waals surface area contributed by atoms with Gasteiger partial charge in [-0.05, 0) is 61.6 Å². The maximum Gasteiger partial charge on any atom is 0.244 e. The second-order valence-electron chi connectivity index (χ2n) is 9.38. The molecule has 9 heteroatoms. The maximum atomic E-state index is 13.6. The topological polar surface area (TPSA) is 96.0 Å². The molecule has 2 amide bonds. The van der Waals surface area contributed by atoms with E-state index in [-0.39, 0.29) is 24.4 Å². The van der Waals surface area contributed by atoms with E-state index in [1.165, 1.54) is 4.90 Å². The summed E-state index contributed by atoms with van der Waals surface area (Å²) in [4.78, 5) is 28.0. The Morgan fingerprint density at radius 1 is 1.03 bits per heavy atom. The zero-order valence-electron chi connectivity index (χ0n) is 22.3. The molecule has 0 saturated carbocycles. The van der Waals surface area contributed by atoms with E-state index in [4.69, 9.17) is 4.74 Å². The van der Waals surface area contributed by atoms with Crippen molar-refractivity contribution < 1.29 is 22.7 Å². The predicted octanol–water partition coefficient (Wildman–Crippen LogP) is 3.92. The number of methoxy groups -OCH3 is 1. The summed E-state index contributed by atoms with van der Waals surface area (Å²) in [5.74, 6) is 0.131. The smallest absolute Gasteiger partial charge is 0.244 e. The fourth-order valence-electron chi connectivity index (χ4n) is 3.65. The van der Waals surface area contributed by atoms with Crippen LogP contribution < -0.4 is 14.4 Å². The van der Waals surface area contributed by atoms with Gasteiger partial charge in [0, 0.05) is 12.6 Å². The number of sulfonamides is 1. The van der Waals surface area contributed by atoms with Gasteiger partial charge in [0.1, 0.15) is 18.3 Å². The third-order valence-electron chi connectivity index (χ3n) is 6.18. The summed E-state index contributed by atoms with van der Waals surface area (Å²) in [5, 5.41) is 2.92. The first-order valence-corrected chi connectivity index (χ1v) is 14.0. The lowest BCUT2D eigenvalue weighted by molar-refractivity contribution is -0.139. The van der Waals surface area contributed by atoms with E-state index in [0.29, 0.717) is 11.4 Å². The molecule has 0 spiro atoms. The molecule has 0 radical (unpaired) electrons. The van der Waals surface area contributed by atoms with E-state index in [1.54, 1.807) is 44.4 Å². The van der Waals surface area contributed by atoms with Crippen molar-refractivity contribution in [2.75, 3.05) is 24.2 Å². The second kappa shape index (κ2) is 12.8. The van der Waals surface area contributed by atoms with Crippen molar-refractivity contribution in [3.05, 3.63) is 59.7 Å². The number of anilines is 1. The van der Waals surface area contributed by atoms with E-state index in [1.807, 2.05) is 32.0 Å². The average molecular weight is 518 g/mol. The van der Waals surface area contributed by atoms with Crippen LogP contribution in [0, 0.1) is 0 Å². The van der Waals surface area contributed by atoms with Gasteiger partial charge in [0.15, 0.2) is 0 Å². The number of nitrogens with zero attached hydrogens (tertiary/aromatic N) is 2. The van der Waals surface area contributed by atoms with E-state index >= 15 is 0 Å². The monoisotopic (exact) mass is 517 g/mol. The van der Waals surface area contributed by atoms with Crippen molar-refractivity contribution in [3.8, 4) is 5.75 Å². The molecular formula is C27H39N3O5S. The lowest BCUT2D eigenvalue weighted by Gasteiger charge is -2.32. The van der Waals surface area contributed by atoms with Gasteiger partial charge in [-0.2, -0.15) is 0 Å². The van der Waals surface area contributed by atoms with Gasteiger partial charge in [-0.15, -0.1) is 0 Å². The molecule has 2 aromatic rings. The summed E-state index contributed by atoms with van der Waals surface area (Å²) in [6, 6.07) is 13.5. The summed E-state index contributed by atoms with van der Waals surface area (Å²) < 4.78 is 31.8. The van der Waals surface area contributed by atoms with Crippen LogP contribution in [0.15, 0.2) is 48.5 Å². The standard InChI is InChI=1S/C27H39N3O5S/c1-8-20(4)28-27(32)21(5)29(17-22-10-9-11-25(16-22)35-6)26(31)18-30(36(7,33)34)24-14-12-23(13-15-24)19(2)3/h9-16,19-21H,8,17-18H2,1-7H3,(H,28,32)/t20-,21+/m1/s1. The molecule has 0 bridgehead atoms. The van der Waals surface area contributed by atoms with E-state index in [2.05, 4.69) is 19.2 Å². The van der Waals surface area contributed by atoms with Crippen molar-refractivity contribution in [1.82, 2.24) is 10.2 Å². The minimum Gasteiger partial charge on any atom is -0.497 e. The van der Waals surface area contributed by atoms with Crippen LogP contribution in [0.1, 0.15) is 58.1 Å². The lowest BCUT2D eigenvalue weighted by Crippen LogP contribution is -2.52. The van der Waals surface area contributed by atoms with Crippen LogP contribution in [0.5, 0.6) is 5.75 Å². The molecule has 2 rings (SSSR count). The highest BCUT2D eigenvalue weighted by atomic mass is 32.2. The van der Waals surface area contributed by atoms with Crippen LogP contribution in [0.2, 0.25) is 0 Å². The van der Waals surface area contributed by atoms with Crippen molar-refractivity contribution in [2.45, 2.75) is 65.6 Å². The molecule has 0 aliphatic rings. The molecule has 2 atom stereocenters. The third-order valence-corrected chi connectivity index (χ3v) is 7.32. The average Bonchev–Trinajstić information content (AvgIpc) is 2.84. The van der Waals surface area contributed by atoms with Crippen molar-refractivity contribution in [1.29, 1.82) is 0 Å². The Hall–Kier alpha value is -3.07. The fraction of sp³-hybridized carbons (Fsp3) is 0.481. The number of ether oxygens (including phenoxy) is 1. The molecule has 8 nitrogen and oxygen atoms in total. The molecule has 198 valence electrons. The SMILES string of the molecule is CC[C@@H](C)NC(=O)[C@H](C)N(Cc1cccc(OC)c1)C(=O)CN(c1ccc(C(C)C)cc1)S(C)(=O)=O. The molecule has 0 saturated heterocycles. The summed E-state index contributed by atoms with van der Waals surface area (Å²) >= 11 is 0. The number of nitrogens with one attached hydrogen (secondary N) is 1. The maximum absolute atomic E-state index is 13.6. The predicted molar refractivity (Wildman–Crippen MR) is 144 cm³/mol. The first-order valence-electron chi connectivity index (χ1n) is 12.2. The Labute approximate surface area is 215 Å². The van der Waals surface area contributed by atoms with E-state index in [9.17, 15) is 18.0 Å². The van der Waals surface area contributed by atoms with Gasteiger partial charge in [-0.1, -0.05) is 45.0 Å². The van der Waals surface area contributed by atoms with E-state index in [0.717, 1.165) is 28.1 Å². The van der Waals surface area contributed by atoms with Crippen LogP contribution >= 0.6 is 0 Å². The highest BCUT2D eigenvalue weighted by Crippen LogP contribution is 2.23. The Balaban J connectivity index is 2.40. The molecule has 0 aromatic heterocycles. The van der Waals surface area contributed by atoms with Crippen LogP contribution in [0.4, 0.5) is 5.69 Å². The Morgan fingerprint density at radius 2 is 1.67 bits per heavy atom. The minimum absolute atomic E-state index is 0.0549. The van der Waals surface area contributed by atoms with Gasteiger partial charge in [-0.25, -0.2) is 8.42 Å². The van der Waals surface area contributed by atoms with Crippen molar-refractivity contribution >= 4 is 27.5 Å². The van der Waals surface area contributed by atoms with Crippen LogP contribution in [0.3, 0.4) is 0 Å². The summed E-state index contributed by atoms with van der Waals surface area (Å²) in [7, 11) is -2.21. The summed E-state index contributed by atoms with van der Waals surface area (Å²) in [5.41, 5.74) is 2.22. The second-order valence-corrected chi connectivity index (χ2v) is 11.3. The lowest BCUT2D eigenvalue weighted by atomic mass is 10.0. The molecule has 0 fully saturated rings. The zero-order valence-corrected chi connectivity index (χ0v) is 23.1. The highest BCUT2D eigenvalue weighted by Gasteiger charge is 2.30. The van der Waals surface area contributed by atoms with Crippen LogP contribution in [-0.2, 0) is 26.2 Å². The third kappa shape index (κ3) is 7.98. The van der Waals surface area contributed by atoms with Crippen LogP contribution in [0.25, 0.3) is 0 Å². The number of rotatable bonds is 12. The Morgan fingerprint density at radius 3 is 2.19 bits per heavy atom. The number of hydrogen-bond donors (Lipinski definition) is 1. The van der Waals surface area contributed by atoms with Gasteiger partial charge in [0.2, 0.25) is 21.8 Å². The molecule has 0 aliphatic carbocycles. The molecular weight excluding hydrogens is 478 g/mol. The number of benzene rings is 2. The Bertz CT molecular complexity index is 1130. The zero-order chi connectivity index (χ0) is 27.0. The summed E-state index contributed by atoms with van der Waals surface area (Å²) in [6.07, 6.45) is 1.82. The number of amides is 2. The largest absolute Gasteiger partial charge is 0.497 e. The quantitative estimate of drug-likeness (QED) is 0.460. The molecule has 0 aliphatic heterocycles. The summed E-state index contributed by atoms with van der Waals surface area (Å²) in [6.45, 7) is 9.30. The van der Waals surface area contributed by atoms with Gasteiger partial charge in [-0.3, -0.25) is 13.9 Å². The Kier molecular flexibility index (Phi) is 10.3. The van der Waals surface area contributed by atoms with Gasteiger partial charge in [0.05, 0.1) is 19.1 Å². The first-order chi connectivity index (χ1) is 16.9. The molecule has 2 aromatic carbocycles. The van der Waals surface area contributed by atoms with Crippen molar-refractivity contribution in [3.63, 3.8) is 0 Å². The van der Waals surface area contributed by atoms with Gasteiger partial charge < -0.3 is 15.0 Å². The number of carbonyl (C=O) groups is 2. The molecule has 1 N–H and O–H groups in total. The van der Waals surface area contributed by atoms with Crippen LogP contribution in [-0.4, -0.2) is 57.1 Å². The van der Waals surface area contributed by atoms with Crippen molar-refractivity contribution in [2.24, 2.45) is 0 Å². The van der Waals surface area contributed by atoms with Gasteiger partial charge in [0.25, 0.3) is 0 Å².